The Hall–Kier alpha value is -4.10. The first-order chi connectivity index (χ1) is 18.7. The summed E-state index contributed by atoms with van der Waals surface area (Å²) in [5.74, 6) is -0.329. The fraction of sp³-hybridized carbons (Fsp3) is 0.414. The van der Waals surface area contributed by atoms with Gasteiger partial charge in [-0.1, -0.05) is 32.0 Å². The summed E-state index contributed by atoms with van der Waals surface area (Å²) in [5, 5.41) is 29.0. The van der Waals surface area contributed by atoms with Crippen molar-refractivity contribution in [3.8, 4) is 11.9 Å². The molecule has 10 heteroatoms. The van der Waals surface area contributed by atoms with Crippen molar-refractivity contribution in [1.29, 1.82) is 5.26 Å². The third-order valence-corrected chi connectivity index (χ3v) is 8.23. The lowest BCUT2D eigenvalue weighted by Gasteiger charge is -2.48. The second kappa shape index (κ2) is 10.6. The zero-order chi connectivity index (χ0) is 27.7. The number of piperidine rings is 1. The summed E-state index contributed by atoms with van der Waals surface area (Å²) >= 11 is 0. The lowest BCUT2D eigenvalue weighted by molar-refractivity contribution is -0.152. The first-order valence-electron chi connectivity index (χ1n) is 13.0. The third kappa shape index (κ3) is 4.90. The lowest BCUT2D eigenvalue weighted by Crippen LogP contribution is -2.57. The number of amides is 1. The van der Waals surface area contributed by atoms with Gasteiger partial charge >= 0.3 is 0 Å². The number of hydrogen-bond donors (Lipinski definition) is 1. The summed E-state index contributed by atoms with van der Waals surface area (Å²) in [7, 11) is 1.56. The van der Waals surface area contributed by atoms with Crippen LogP contribution < -0.4 is 9.64 Å². The maximum Gasteiger partial charge on any atom is 0.228 e. The number of methoxy groups -OCH3 is 1. The third-order valence-electron chi connectivity index (χ3n) is 8.23. The number of hydrogen-bond acceptors (Lipinski definition) is 8. The van der Waals surface area contributed by atoms with E-state index in [1.807, 2.05) is 35.8 Å². The Balaban J connectivity index is 1.41. The van der Waals surface area contributed by atoms with E-state index >= 15 is 0 Å². The molecule has 2 fully saturated rings. The summed E-state index contributed by atoms with van der Waals surface area (Å²) in [6.07, 6.45) is 1.74. The predicted molar refractivity (Wildman–Crippen MR) is 141 cm³/mol. The molecule has 9 nitrogen and oxygen atoms in total. The number of ether oxygens (including phenoxy) is 1. The van der Waals surface area contributed by atoms with Gasteiger partial charge in [0.1, 0.15) is 11.9 Å². The number of carbonyl (C=O) groups is 1. The van der Waals surface area contributed by atoms with Gasteiger partial charge in [0.05, 0.1) is 18.6 Å². The topological polar surface area (TPSA) is 115 Å². The van der Waals surface area contributed by atoms with Gasteiger partial charge < -0.3 is 19.6 Å². The number of likely N-dealkylation sites (tertiary alicyclic amines) is 1. The van der Waals surface area contributed by atoms with Crippen LogP contribution in [0.15, 0.2) is 54.7 Å². The largest absolute Gasteiger partial charge is 0.481 e. The molecule has 2 aliphatic heterocycles. The van der Waals surface area contributed by atoms with Crippen molar-refractivity contribution in [3.63, 3.8) is 0 Å². The number of halogens is 1. The first kappa shape index (κ1) is 26.5. The maximum atomic E-state index is 14.1. The van der Waals surface area contributed by atoms with Crippen molar-refractivity contribution in [2.75, 3.05) is 38.2 Å². The maximum absolute atomic E-state index is 14.1. The molecule has 202 valence electrons. The molecule has 0 bridgehead atoms. The Morgan fingerprint density at radius 2 is 1.77 bits per heavy atom. The Morgan fingerprint density at radius 3 is 2.33 bits per heavy atom. The average molecular weight is 531 g/mol. The van der Waals surface area contributed by atoms with Crippen LogP contribution in [0.4, 0.5) is 10.2 Å². The highest BCUT2D eigenvalue weighted by molar-refractivity contribution is 5.82. The van der Waals surface area contributed by atoms with Crippen LogP contribution in [-0.4, -0.2) is 64.4 Å². The molecular formula is C29H31FN6O3. The van der Waals surface area contributed by atoms with E-state index in [0.717, 1.165) is 5.56 Å². The Labute approximate surface area is 226 Å². The highest BCUT2D eigenvalue weighted by Gasteiger charge is 2.49. The van der Waals surface area contributed by atoms with Crippen LogP contribution in [0.1, 0.15) is 36.6 Å². The number of rotatable bonds is 5. The Bertz CT molecular complexity index is 1350. The molecule has 0 radical (unpaired) electrons. The van der Waals surface area contributed by atoms with E-state index in [1.54, 1.807) is 43.6 Å². The van der Waals surface area contributed by atoms with Crippen molar-refractivity contribution in [2.45, 2.75) is 25.4 Å². The number of anilines is 1. The molecule has 0 saturated carbocycles. The fourth-order valence-electron chi connectivity index (χ4n) is 6.06. The molecule has 4 heterocycles. The standard InChI is InChI=1S/C29H31FN6O3/c1-18-14-36(15-19(2)29(18,38)21-5-7-22(30)8-6-21)28(37)25-17-35(26-10-9-23(12-31)33-34-26)16-24(25)20-4-11-27(39-3)32-13-20/h4-11,13,18-19,24-25,38H,14-17H2,1-3H3/t18-,19+,24-,25+,29+/m0/s1. The highest BCUT2D eigenvalue weighted by Crippen LogP contribution is 2.43. The Kier molecular flexibility index (Phi) is 7.19. The van der Waals surface area contributed by atoms with Crippen molar-refractivity contribution in [2.24, 2.45) is 17.8 Å². The molecule has 0 spiro atoms. The normalized spacial score (nSPS) is 26.8. The highest BCUT2D eigenvalue weighted by atomic mass is 19.1. The van der Waals surface area contributed by atoms with E-state index in [9.17, 15) is 14.3 Å². The van der Waals surface area contributed by atoms with E-state index < -0.39 is 5.60 Å². The number of aliphatic hydroxyl groups is 1. The SMILES string of the molecule is COc1ccc([C@@H]2CN(c3ccc(C#N)nn3)C[C@H]2C(=O)N2C[C@@H](C)[C@@](O)(c3ccc(F)cc3)[C@@H](C)C2)cn1. The molecule has 1 N–H and O–H groups in total. The van der Waals surface area contributed by atoms with Crippen LogP contribution in [0.3, 0.4) is 0 Å². The molecule has 1 aromatic carbocycles. The summed E-state index contributed by atoms with van der Waals surface area (Å²) in [5.41, 5.74) is 0.624. The molecule has 5 rings (SSSR count). The zero-order valence-corrected chi connectivity index (χ0v) is 22.2. The molecule has 5 atom stereocenters. The minimum absolute atomic E-state index is 0.000205. The van der Waals surface area contributed by atoms with E-state index in [4.69, 9.17) is 10.00 Å². The fourth-order valence-corrected chi connectivity index (χ4v) is 6.06. The van der Waals surface area contributed by atoms with Crippen LogP contribution >= 0.6 is 0 Å². The number of benzene rings is 1. The van der Waals surface area contributed by atoms with E-state index in [2.05, 4.69) is 15.2 Å². The van der Waals surface area contributed by atoms with Gasteiger partial charge in [-0.2, -0.15) is 5.26 Å². The Morgan fingerprint density at radius 1 is 1.05 bits per heavy atom. The molecule has 2 aliphatic rings. The number of nitriles is 1. The van der Waals surface area contributed by atoms with Crippen LogP contribution in [0.2, 0.25) is 0 Å². The van der Waals surface area contributed by atoms with Gasteiger partial charge in [-0.15, -0.1) is 10.2 Å². The minimum Gasteiger partial charge on any atom is -0.481 e. The van der Waals surface area contributed by atoms with E-state index in [-0.39, 0.29) is 41.1 Å². The second-order valence-electron chi connectivity index (χ2n) is 10.5. The average Bonchev–Trinajstić information content (AvgIpc) is 3.41. The van der Waals surface area contributed by atoms with Gasteiger partial charge in [0.15, 0.2) is 11.5 Å². The molecule has 0 unspecified atom stereocenters. The van der Waals surface area contributed by atoms with Crippen molar-refractivity contribution in [3.05, 3.63) is 77.4 Å². The zero-order valence-electron chi connectivity index (χ0n) is 22.2. The van der Waals surface area contributed by atoms with Crippen molar-refractivity contribution < 1.29 is 19.0 Å². The van der Waals surface area contributed by atoms with Crippen LogP contribution in [0.25, 0.3) is 0 Å². The van der Waals surface area contributed by atoms with Crippen molar-refractivity contribution >= 4 is 11.7 Å². The molecule has 39 heavy (non-hydrogen) atoms. The second-order valence-corrected chi connectivity index (χ2v) is 10.5. The summed E-state index contributed by atoms with van der Waals surface area (Å²) < 4.78 is 18.8. The summed E-state index contributed by atoms with van der Waals surface area (Å²) in [6.45, 7) is 5.56. The van der Waals surface area contributed by atoms with Crippen LogP contribution in [0.5, 0.6) is 5.88 Å². The van der Waals surface area contributed by atoms with Gasteiger partial charge in [-0.05, 0) is 35.4 Å². The van der Waals surface area contributed by atoms with Gasteiger partial charge in [-0.25, -0.2) is 9.37 Å². The van der Waals surface area contributed by atoms with Crippen LogP contribution in [0, 0.1) is 34.9 Å². The smallest absolute Gasteiger partial charge is 0.228 e. The molecule has 2 saturated heterocycles. The molecular weight excluding hydrogens is 499 g/mol. The number of pyridine rings is 1. The van der Waals surface area contributed by atoms with E-state index in [1.165, 1.54) is 12.1 Å². The van der Waals surface area contributed by atoms with Gasteiger partial charge in [0.25, 0.3) is 0 Å². The quantitative estimate of drug-likeness (QED) is 0.535. The monoisotopic (exact) mass is 530 g/mol. The van der Waals surface area contributed by atoms with Gasteiger partial charge in [0, 0.05) is 56.2 Å². The lowest BCUT2D eigenvalue weighted by atomic mass is 9.70. The van der Waals surface area contributed by atoms with Gasteiger partial charge in [-0.3, -0.25) is 4.79 Å². The number of carbonyl (C=O) groups excluding carboxylic acids is 1. The molecule has 2 aromatic heterocycles. The predicted octanol–water partition coefficient (Wildman–Crippen LogP) is 3.11. The van der Waals surface area contributed by atoms with Crippen LogP contribution in [-0.2, 0) is 10.4 Å². The summed E-state index contributed by atoms with van der Waals surface area (Å²) in [6, 6.07) is 15.0. The van der Waals surface area contributed by atoms with E-state index in [0.29, 0.717) is 43.4 Å². The molecule has 3 aromatic rings. The number of aromatic nitrogens is 3. The number of nitrogens with zero attached hydrogens (tertiary/aromatic N) is 6. The molecule has 0 aliphatic carbocycles. The van der Waals surface area contributed by atoms with Gasteiger partial charge in [0.2, 0.25) is 11.8 Å². The minimum atomic E-state index is -1.18. The molecule has 1 amide bonds. The summed E-state index contributed by atoms with van der Waals surface area (Å²) in [4.78, 5) is 22.3. The van der Waals surface area contributed by atoms with Crippen molar-refractivity contribution in [1.82, 2.24) is 20.1 Å². The first-order valence-corrected chi connectivity index (χ1v) is 13.0.